The van der Waals surface area contributed by atoms with Gasteiger partial charge in [-0.05, 0) is 42.0 Å². The van der Waals surface area contributed by atoms with Gasteiger partial charge in [0.1, 0.15) is 12.6 Å². The van der Waals surface area contributed by atoms with Crippen molar-refractivity contribution >= 4 is 18.0 Å². The first-order valence-electron chi connectivity index (χ1n) is 10.6. The summed E-state index contributed by atoms with van der Waals surface area (Å²) in [6, 6.07) is 15.1. The summed E-state index contributed by atoms with van der Waals surface area (Å²) in [5, 5.41) is 11.6. The summed E-state index contributed by atoms with van der Waals surface area (Å²) in [7, 11) is 0. The summed E-state index contributed by atoms with van der Waals surface area (Å²) in [5.41, 5.74) is 4.53. The number of aliphatic carboxylic acids is 1. The van der Waals surface area contributed by atoms with Gasteiger partial charge in [-0.1, -0.05) is 48.5 Å². The highest BCUT2D eigenvalue weighted by atomic mass is 16.5. The Balaban J connectivity index is 1.36. The van der Waals surface area contributed by atoms with Gasteiger partial charge < -0.3 is 20.1 Å². The fourth-order valence-corrected chi connectivity index (χ4v) is 4.67. The van der Waals surface area contributed by atoms with E-state index in [9.17, 15) is 14.4 Å². The summed E-state index contributed by atoms with van der Waals surface area (Å²) in [6.45, 7) is 2.28. The van der Waals surface area contributed by atoms with Gasteiger partial charge in [0.15, 0.2) is 0 Å². The van der Waals surface area contributed by atoms with E-state index in [4.69, 9.17) is 9.84 Å². The van der Waals surface area contributed by atoms with Crippen LogP contribution in [-0.4, -0.2) is 53.2 Å². The van der Waals surface area contributed by atoms with Crippen LogP contribution in [0.25, 0.3) is 11.1 Å². The number of benzene rings is 2. The normalized spacial score (nSPS) is 18.2. The first-order valence-corrected chi connectivity index (χ1v) is 10.6. The highest BCUT2D eigenvalue weighted by Gasteiger charge is 2.34. The first-order chi connectivity index (χ1) is 15.0. The molecule has 2 atom stereocenters. The summed E-state index contributed by atoms with van der Waals surface area (Å²) in [5.74, 6) is -1.26. The van der Waals surface area contributed by atoms with Crippen LogP contribution in [-0.2, 0) is 14.3 Å². The van der Waals surface area contributed by atoms with Gasteiger partial charge in [0.2, 0.25) is 5.91 Å². The predicted octanol–water partition coefficient (Wildman–Crippen LogP) is 3.38. The Hall–Kier alpha value is -3.35. The average Bonchev–Trinajstić information content (AvgIpc) is 3.33. The Labute approximate surface area is 181 Å². The molecule has 2 amide bonds. The number of amides is 2. The number of nitrogens with one attached hydrogen (secondary N) is 1. The lowest BCUT2D eigenvalue weighted by Gasteiger charge is -2.27. The number of hydrogen-bond acceptors (Lipinski definition) is 4. The van der Waals surface area contributed by atoms with Crippen LogP contribution in [0.1, 0.15) is 43.2 Å². The van der Waals surface area contributed by atoms with E-state index in [1.807, 2.05) is 36.4 Å². The molecular weight excluding hydrogens is 396 g/mol. The van der Waals surface area contributed by atoms with E-state index in [1.54, 1.807) is 11.8 Å². The lowest BCUT2D eigenvalue weighted by molar-refractivity contribution is -0.140. The van der Waals surface area contributed by atoms with Crippen molar-refractivity contribution in [2.45, 2.75) is 44.2 Å². The number of carboxylic acids is 1. The summed E-state index contributed by atoms with van der Waals surface area (Å²) < 4.78 is 5.50. The van der Waals surface area contributed by atoms with E-state index in [2.05, 4.69) is 17.4 Å². The van der Waals surface area contributed by atoms with E-state index in [1.165, 1.54) is 0 Å². The minimum absolute atomic E-state index is 0.0531. The zero-order valence-corrected chi connectivity index (χ0v) is 17.4. The van der Waals surface area contributed by atoms with Crippen molar-refractivity contribution in [3.8, 4) is 11.1 Å². The van der Waals surface area contributed by atoms with Crippen molar-refractivity contribution in [3.05, 3.63) is 59.7 Å². The van der Waals surface area contributed by atoms with Gasteiger partial charge >= 0.3 is 12.1 Å². The quantitative estimate of drug-likeness (QED) is 0.744. The van der Waals surface area contributed by atoms with Crippen LogP contribution in [0.3, 0.4) is 0 Å². The first kappa shape index (κ1) is 20.9. The lowest BCUT2D eigenvalue weighted by Crippen LogP contribution is -2.49. The zero-order valence-electron chi connectivity index (χ0n) is 17.4. The molecule has 2 aliphatic rings. The van der Waals surface area contributed by atoms with E-state index in [0.717, 1.165) is 28.7 Å². The highest BCUT2D eigenvalue weighted by Crippen LogP contribution is 2.44. The van der Waals surface area contributed by atoms with Crippen molar-refractivity contribution in [3.63, 3.8) is 0 Å². The molecule has 4 rings (SSSR count). The third kappa shape index (κ3) is 4.26. The molecule has 2 aromatic carbocycles. The maximum Gasteiger partial charge on any atom is 0.407 e. The van der Waals surface area contributed by atoms with E-state index in [0.29, 0.717) is 13.0 Å². The third-order valence-corrected chi connectivity index (χ3v) is 6.12. The van der Waals surface area contributed by atoms with Crippen molar-refractivity contribution in [2.75, 3.05) is 13.2 Å². The van der Waals surface area contributed by atoms with Gasteiger partial charge in [-0.25, -0.2) is 4.79 Å². The van der Waals surface area contributed by atoms with Gasteiger partial charge in [-0.15, -0.1) is 0 Å². The summed E-state index contributed by atoms with van der Waals surface area (Å²) >= 11 is 0. The van der Waals surface area contributed by atoms with Crippen LogP contribution >= 0.6 is 0 Å². The number of rotatable bonds is 6. The van der Waals surface area contributed by atoms with Crippen molar-refractivity contribution in [1.82, 2.24) is 10.2 Å². The standard InChI is InChI=1S/C24H26N2O5/c1-15(23(29)26-12-6-7-16(26)13-22(27)28)25-24(30)31-14-21-19-10-4-2-8-17(19)18-9-3-5-11-20(18)21/h2-5,8-11,15-16,21H,6-7,12-14H2,1H3,(H,25,30)(H,27,28). The lowest BCUT2D eigenvalue weighted by atomic mass is 9.98. The molecule has 0 radical (unpaired) electrons. The second kappa shape index (κ2) is 8.79. The maximum atomic E-state index is 12.7. The van der Waals surface area contributed by atoms with Crippen LogP contribution in [0.2, 0.25) is 0 Å². The Morgan fingerprint density at radius 3 is 2.32 bits per heavy atom. The van der Waals surface area contributed by atoms with Gasteiger partial charge in [0.05, 0.1) is 6.42 Å². The molecule has 0 saturated carbocycles. The molecule has 1 heterocycles. The van der Waals surface area contributed by atoms with E-state index in [-0.39, 0.29) is 30.9 Å². The largest absolute Gasteiger partial charge is 0.481 e. The fraction of sp³-hybridized carbons (Fsp3) is 0.375. The van der Waals surface area contributed by atoms with Gasteiger partial charge in [0.25, 0.3) is 0 Å². The number of carbonyl (C=O) groups excluding carboxylic acids is 2. The molecule has 1 fully saturated rings. The Morgan fingerprint density at radius 2 is 1.71 bits per heavy atom. The molecule has 162 valence electrons. The monoisotopic (exact) mass is 422 g/mol. The van der Waals surface area contributed by atoms with Crippen LogP contribution in [0.15, 0.2) is 48.5 Å². The molecule has 0 spiro atoms. The summed E-state index contributed by atoms with van der Waals surface area (Å²) in [4.78, 5) is 37.7. The van der Waals surface area contributed by atoms with Gasteiger partial charge in [0, 0.05) is 18.5 Å². The van der Waals surface area contributed by atoms with Gasteiger partial charge in [-0.2, -0.15) is 0 Å². The maximum absolute atomic E-state index is 12.7. The second-order valence-corrected chi connectivity index (χ2v) is 8.12. The number of hydrogen-bond donors (Lipinski definition) is 2. The molecule has 2 aromatic rings. The second-order valence-electron chi connectivity index (χ2n) is 8.12. The topological polar surface area (TPSA) is 95.9 Å². The van der Waals surface area contributed by atoms with Gasteiger partial charge in [-0.3, -0.25) is 9.59 Å². The van der Waals surface area contributed by atoms with E-state index >= 15 is 0 Å². The predicted molar refractivity (Wildman–Crippen MR) is 115 cm³/mol. The van der Waals surface area contributed by atoms with Crippen LogP contribution in [0, 0.1) is 0 Å². The smallest absolute Gasteiger partial charge is 0.407 e. The molecule has 2 unspecified atom stereocenters. The minimum atomic E-state index is -0.929. The van der Waals surface area contributed by atoms with Crippen molar-refractivity contribution in [2.24, 2.45) is 0 Å². The Morgan fingerprint density at radius 1 is 1.10 bits per heavy atom. The van der Waals surface area contributed by atoms with E-state index < -0.39 is 18.1 Å². The number of fused-ring (bicyclic) bond motifs is 3. The molecule has 7 heteroatoms. The number of carbonyl (C=O) groups is 3. The van der Waals surface area contributed by atoms with Crippen LogP contribution in [0.4, 0.5) is 4.79 Å². The SMILES string of the molecule is CC(NC(=O)OCC1c2ccccc2-c2ccccc21)C(=O)N1CCCC1CC(=O)O. The minimum Gasteiger partial charge on any atom is -0.481 e. The molecule has 1 aliphatic carbocycles. The van der Waals surface area contributed by atoms with Crippen molar-refractivity contribution < 1.29 is 24.2 Å². The molecule has 0 aromatic heterocycles. The number of likely N-dealkylation sites (tertiary alicyclic amines) is 1. The third-order valence-electron chi connectivity index (χ3n) is 6.12. The molecular formula is C24H26N2O5. The Kier molecular flexibility index (Phi) is 5.93. The number of carboxylic acid groups (broad SMARTS) is 1. The molecule has 7 nitrogen and oxygen atoms in total. The highest BCUT2D eigenvalue weighted by molar-refractivity contribution is 5.86. The molecule has 2 N–H and O–H groups in total. The number of nitrogens with zero attached hydrogens (tertiary/aromatic N) is 1. The average molecular weight is 422 g/mol. The molecule has 31 heavy (non-hydrogen) atoms. The van der Waals surface area contributed by atoms with Crippen molar-refractivity contribution in [1.29, 1.82) is 0 Å². The molecule has 1 aliphatic heterocycles. The summed E-state index contributed by atoms with van der Waals surface area (Å²) in [6.07, 6.45) is 0.692. The molecule has 1 saturated heterocycles. The van der Waals surface area contributed by atoms with Crippen LogP contribution in [0.5, 0.6) is 0 Å². The Bertz CT molecular complexity index is 959. The van der Waals surface area contributed by atoms with Crippen LogP contribution < -0.4 is 5.32 Å². The molecule has 0 bridgehead atoms. The number of ether oxygens (including phenoxy) is 1. The number of alkyl carbamates (subject to hydrolysis) is 1. The fourth-order valence-electron chi connectivity index (χ4n) is 4.67. The zero-order chi connectivity index (χ0) is 22.0.